The number of aliphatic hydroxyl groups is 1. The number of aliphatic hydroxyl groups excluding tert-OH is 1. The lowest BCUT2D eigenvalue weighted by Gasteiger charge is -2.11. The van der Waals surface area contributed by atoms with Crippen LogP contribution in [-0.4, -0.2) is 39.1 Å². The summed E-state index contributed by atoms with van der Waals surface area (Å²) in [6, 6.07) is 12.6. The predicted octanol–water partition coefficient (Wildman–Crippen LogP) is 2.09. The lowest BCUT2D eigenvalue weighted by molar-refractivity contribution is 0.100. The fourth-order valence-corrected chi connectivity index (χ4v) is 2.63. The van der Waals surface area contributed by atoms with Crippen molar-refractivity contribution in [3.05, 3.63) is 59.9 Å². The van der Waals surface area contributed by atoms with Gasteiger partial charge in [0.1, 0.15) is 11.6 Å². The fraction of sp³-hybridized carbons (Fsp3) is 0.158. The van der Waals surface area contributed by atoms with Gasteiger partial charge >= 0.3 is 0 Å². The van der Waals surface area contributed by atoms with Crippen LogP contribution >= 0.6 is 0 Å². The molecule has 2 aromatic heterocycles. The van der Waals surface area contributed by atoms with E-state index in [1.165, 1.54) is 0 Å². The van der Waals surface area contributed by atoms with E-state index in [4.69, 9.17) is 10.8 Å². The Labute approximate surface area is 156 Å². The van der Waals surface area contributed by atoms with Crippen LogP contribution < -0.4 is 16.4 Å². The van der Waals surface area contributed by atoms with Crippen LogP contribution in [0.25, 0.3) is 11.1 Å². The molecule has 0 aliphatic carbocycles. The Kier molecular flexibility index (Phi) is 5.58. The van der Waals surface area contributed by atoms with E-state index in [0.717, 1.165) is 16.8 Å². The van der Waals surface area contributed by atoms with Crippen LogP contribution in [0, 0.1) is 6.92 Å². The second-order valence-corrected chi connectivity index (χ2v) is 5.83. The van der Waals surface area contributed by atoms with Gasteiger partial charge in [-0.15, -0.1) is 0 Å². The Morgan fingerprint density at radius 2 is 1.96 bits per heavy atom. The highest BCUT2D eigenvalue weighted by molar-refractivity contribution is 5.99. The summed E-state index contributed by atoms with van der Waals surface area (Å²) in [5.41, 5.74) is 8.24. The minimum absolute atomic E-state index is 0.0110. The summed E-state index contributed by atoms with van der Waals surface area (Å²) >= 11 is 0. The maximum Gasteiger partial charge on any atom is 0.249 e. The van der Waals surface area contributed by atoms with Gasteiger partial charge < -0.3 is 21.5 Å². The molecule has 8 heteroatoms. The first-order chi connectivity index (χ1) is 13.1. The Balaban J connectivity index is 1.89. The van der Waals surface area contributed by atoms with Crippen LogP contribution in [0.3, 0.4) is 0 Å². The highest BCUT2D eigenvalue weighted by atomic mass is 16.3. The van der Waals surface area contributed by atoms with Crippen molar-refractivity contribution in [2.24, 2.45) is 5.73 Å². The number of benzene rings is 1. The van der Waals surface area contributed by atoms with E-state index in [0.29, 0.717) is 29.7 Å². The normalized spacial score (nSPS) is 10.4. The van der Waals surface area contributed by atoms with Crippen molar-refractivity contribution in [1.82, 2.24) is 15.0 Å². The smallest absolute Gasteiger partial charge is 0.249 e. The molecule has 3 rings (SSSR count). The van der Waals surface area contributed by atoms with Crippen molar-refractivity contribution in [2.45, 2.75) is 6.92 Å². The van der Waals surface area contributed by atoms with Crippen molar-refractivity contribution in [3.8, 4) is 11.1 Å². The zero-order valence-electron chi connectivity index (χ0n) is 14.8. The number of hydrogen-bond donors (Lipinski definition) is 4. The molecule has 1 aromatic carbocycles. The third-order valence-corrected chi connectivity index (χ3v) is 3.77. The number of anilines is 3. The van der Waals surface area contributed by atoms with E-state index >= 15 is 0 Å². The quantitative estimate of drug-likeness (QED) is 0.506. The molecule has 0 aliphatic rings. The third kappa shape index (κ3) is 4.56. The monoisotopic (exact) mass is 364 g/mol. The predicted molar refractivity (Wildman–Crippen MR) is 104 cm³/mol. The van der Waals surface area contributed by atoms with Gasteiger partial charge in [0.05, 0.1) is 6.61 Å². The largest absolute Gasteiger partial charge is 0.395 e. The van der Waals surface area contributed by atoms with Gasteiger partial charge in [-0.2, -0.15) is 4.98 Å². The SMILES string of the molecule is Cc1cc(Nc2cc(-c3ccccc3C(N)=O)ccn2)nc(NCCO)n1. The lowest BCUT2D eigenvalue weighted by Crippen LogP contribution is -2.12. The van der Waals surface area contributed by atoms with Crippen molar-refractivity contribution < 1.29 is 9.90 Å². The first-order valence-electron chi connectivity index (χ1n) is 8.39. The Bertz CT molecular complexity index is 960. The highest BCUT2D eigenvalue weighted by Crippen LogP contribution is 2.26. The highest BCUT2D eigenvalue weighted by Gasteiger charge is 2.10. The topological polar surface area (TPSA) is 126 Å². The molecule has 0 saturated heterocycles. The lowest BCUT2D eigenvalue weighted by atomic mass is 10.0. The van der Waals surface area contributed by atoms with E-state index in [-0.39, 0.29) is 6.61 Å². The summed E-state index contributed by atoms with van der Waals surface area (Å²) in [6.45, 7) is 2.20. The second kappa shape index (κ2) is 8.24. The third-order valence-electron chi connectivity index (χ3n) is 3.77. The maximum absolute atomic E-state index is 11.7. The number of nitrogens with one attached hydrogen (secondary N) is 2. The van der Waals surface area contributed by atoms with Gasteiger partial charge in [-0.1, -0.05) is 18.2 Å². The maximum atomic E-state index is 11.7. The summed E-state index contributed by atoms with van der Waals surface area (Å²) in [7, 11) is 0. The van der Waals surface area contributed by atoms with Crippen LogP contribution in [0.15, 0.2) is 48.7 Å². The number of amides is 1. The molecule has 0 unspecified atom stereocenters. The number of rotatable bonds is 7. The fourth-order valence-electron chi connectivity index (χ4n) is 2.63. The molecule has 1 amide bonds. The van der Waals surface area contributed by atoms with Gasteiger partial charge in [0, 0.05) is 30.1 Å². The number of nitrogens with two attached hydrogens (primary N) is 1. The van der Waals surface area contributed by atoms with E-state index in [9.17, 15) is 4.79 Å². The van der Waals surface area contributed by atoms with E-state index in [1.54, 1.807) is 24.4 Å². The first kappa shape index (κ1) is 18.3. The molecule has 0 aliphatic heterocycles. The Morgan fingerprint density at radius 1 is 1.15 bits per heavy atom. The number of nitrogens with zero attached hydrogens (tertiary/aromatic N) is 3. The number of carbonyl (C=O) groups excluding carboxylic acids is 1. The van der Waals surface area contributed by atoms with Crippen LogP contribution in [0.4, 0.5) is 17.6 Å². The molecule has 5 N–H and O–H groups in total. The minimum atomic E-state index is -0.483. The summed E-state index contributed by atoms with van der Waals surface area (Å²) in [4.78, 5) is 24.6. The van der Waals surface area contributed by atoms with Crippen molar-refractivity contribution >= 4 is 23.5 Å². The molecule has 0 saturated carbocycles. The molecule has 0 radical (unpaired) electrons. The number of aromatic nitrogens is 3. The zero-order valence-corrected chi connectivity index (χ0v) is 14.8. The van der Waals surface area contributed by atoms with Gasteiger partial charge in [-0.3, -0.25) is 4.79 Å². The van der Waals surface area contributed by atoms with Crippen molar-refractivity contribution in [2.75, 3.05) is 23.8 Å². The molecule has 3 aromatic rings. The molecule has 0 atom stereocenters. The average molecular weight is 364 g/mol. The molecule has 0 fully saturated rings. The number of hydrogen-bond acceptors (Lipinski definition) is 7. The van der Waals surface area contributed by atoms with Gasteiger partial charge in [-0.25, -0.2) is 9.97 Å². The van der Waals surface area contributed by atoms with E-state index in [2.05, 4.69) is 25.6 Å². The molecule has 2 heterocycles. The summed E-state index contributed by atoms with van der Waals surface area (Å²) in [6.07, 6.45) is 1.65. The number of carbonyl (C=O) groups is 1. The van der Waals surface area contributed by atoms with Crippen LogP contribution in [0.5, 0.6) is 0 Å². The Morgan fingerprint density at radius 3 is 2.74 bits per heavy atom. The first-order valence-corrected chi connectivity index (χ1v) is 8.39. The summed E-state index contributed by atoms with van der Waals surface area (Å²) in [5.74, 6) is 1.07. The van der Waals surface area contributed by atoms with Crippen molar-refractivity contribution in [1.29, 1.82) is 0 Å². The van der Waals surface area contributed by atoms with Gasteiger partial charge in [0.2, 0.25) is 11.9 Å². The molecule has 0 bridgehead atoms. The number of aryl methyl sites for hydroxylation is 1. The van der Waals surface area contributed by atoms with Gasteiger partial charge in [0.25, 0.3) is 0 Å². The van der Waals surface area contributed by atoms with Crippen LogP contribution in [-0.2, 0) is 0 Å². The average Bonchev–Trinajstić information content (AvgIpc) is 2.66. The molecular weight excluding hydrogens is 344 g/mol. The molecule has 27 heavy (non-hydrogen) atoms. The molecular formula is C19H20N6O2. The van der Waals surface area contributed by atoms with Crippen LogP contribution in [0.1, 0.15) is 16.1 Å². The summed E-state index contributed by atoms with van der Waals surface area (Å²) < 4.78 is 0. The minimum Gasteiger partial charge on any atom is -0.395 e. The molecule has 0 spiro atoms. The molecule has 138 valence electrons. The van der Waals surface area contributed by atoms with Crippen molar-refractivity contribution in [3.63, 3.8) is 0 Å². The van der Waals surface area contributed by atoms with Gasteiger partial charge in [-0.05, 0) is 36.2 Å². The summed E-state index contributed by atoms with van der Waals surface area (Å²) in [5, 5.41) is 15.0. The second-order valence-electron chi connectivity index (χ2n) is 5.83. The zero-order chi connectivity index (χ0) is 19.2. The van der Waals surface area contributed by atoms with E-state index in [1.807, 2.05) is 31.2 Å². The van der Waals surface area contributed by atoms with E-state index < -0.39 is 5.91 Å². The standard InChI is InChI=1S/C19H20N6O2/c1-12-10-17(25-19(23-12)22-8-9-26)24-16-11-13(6-7-21-16)14-4-2-3-5-15(14)18(20)27/h2-7,10-11,26H,8-9H2,1H3,(H2,20,27)(H2,21,22,23,24,25). The van der Waals surface area contributed by atoms with Gasteiger partial charge in [0.15, 0.2) is 0 Å². The molecule has 8 nitrogen and oxygen atoms in total. The van der Waals surface area contributed by atoms with Crippen LogP contribution in [0.2, 0.25) is 0 Å². The Hall–Kier alpha value is -3.52. The number of pyridine rings is 1. The number of primary amides is 1.